The van der Waals surface area contributed by atoms with Crippen LogP contribution in [0.2, 0.25) is 0 Å². The maximum absolute atomic E-state index is 12.8. The summed E-state index contributed by atoms with van der Waals surface area (Å²) in [6.45, 7) is 3.69. The summed E-state index contributed by atoms with van der Waals surface area (Å²) in [6, 6.07) is 0. The molecule has 0 radical (unpaired) electrons. The molecule has 0 amide bonds. The van der Waals surface area contributed by atoms with E-state index >= 15 is 0 Å². The van der Waals surface area contributed by atoms with Crippen molar-refractivity contribution in [3.63, 3.8) is 0 Å². The van der Waals surface area contributed by atoms with Gasteiger partial charge in [-0.3, -0.25) is 14.1 Å². The van der Waals surface area contributed by atoms with Crippen LogP contribution in [-0.4, -0.2) is 96.0 Å². The van der Waals surface area contributed by atoms with Crippen molar-refractivity contribution in [3.8, 4) is 0 Å². The minimum absolute atomic E-state index is 0.119. The van der Waals surface area contributed by atoms with Crippen LogP contribution in [-0.2, 0) is 38.7 Å². The van der Waals surface area contributed by atoms with Crippen LogP contribution < -0.4 is 0 Å². The van der Waals surface area contributed by atoms with Crippen LogP contribution in [0.25, 0.3) is 0 Å². The molecule has 2 unspecified atom stereocenters. The summed E-state index contributed by atoms with van der Waals surface area (Å²) in [7, 11) is -4.60. The van der Waals surface area contributed by atoms with E-state index in [1.165, 1.54) is 77.0 Å². The average Bonchev–Trinajstić information content (AvgIpc) is 3.16. The normalized spacial score (nSPS) is 21.0. The van der Waals surface area contributed by atoms with Crippen molar-refractivity contribution in [3.05, 3.63) is 36.5 Å². The van der Waals surface area contributed by atoms with E-state index in [4.69, 9.17) is 18.9 Å². The van der Waals surface area contributed by atoms with Crippen molar-refractivity contribution < 1.29 is 56.8 Å². The van der Waals surface area contributed by atoms with Crippen LogP contribution in [0, 0.1) is 0 Å². The van der Waals surface area contributed by atoms with Gasteiger partial charge in [0.15, 0.2) is 12.4 Å². The van der Waals surface area contributed by atoms with Crippen molar-refractivity contribution in [2.75, 3.05) is 19.0 Å². The highest BCUT2D eigenvalue weighted by Gasteiger charge is 2.46. The molecule has 1 heterocycles. The molecule has 6 atom stereocenters. The average molecular weight is 817 g/mol. The number of hydrogen-bond donors (Lipinski definition) is 4. The molecule has 1 aliphatic rings. The van der Waals surface area contributed by atoms with Gasteiger partial charge in [0.1, 0.15) is 36.8 Å². The van der Waals surface area contributed by atoms with Gasteiger partial charge >= 0.3 is 11.9 Å². The highest BCUT2D eigenvalue weighted by atomic mass is 32.2. The van der Waals surface area contributed by atoms with E-state index in [-0.39, 0.29) is 19.4 Å². The number of hydrogen-bond acceptors (Lipinski definition) is 11. The van der Waals surface area contributed by atoms with Crippen molar-refractivity contribution in [2.24, 2.45) is 0 Å². The first-order valence-electron chi connectivity index (χ1n) is 21.5. The van der Waals surface area contributed by atoms with Gasteiger partial charge in [-0.2, -0.15) is 8.42 Å². The molecule has 56 heavy (non-hydrogen) atoms. The van der Waals surface area contributed by atoms with Gasteiger partial charge < -0.3 is 34.3 Å². The summed E-state index contributed by atoms with van der Waals surface area (Å²) >= 11 is 0. The van der Waals surface area contributed by atoms with Crippen LogP contribution in [0.4, 0.5) is 0 Å². The molecule has 4 N–H and O–H groups in total. The molecular formula is C43H76O12S. The third-order valence-corrected chi connectivity index (χ3v) is 10.4. The summed E-state index contributed by atoms with van der Waals surface area (Å²) in [5, 5.41) is 30.8. The maximum atomic E-state index is 12.8. The first-order chi connectivity index (χ1) is 27.0. The van der Waals surface area contributed by atoms with Crippen molar-refractivity contribution >= 4 is 22.1 Å². The Balaban J connectivity index is 2.52. The molecule has 326 valence electrons. The van der Waals surface area contributed by atoms with E-state index in [2.05, 4.69) is 50.3 Å². The summed E-state index contributed by atoms with van der Waals surface area (Å²) in [6.07, 6.45) is 27.7. The third-order valence-electron chi connectivity index (χ3n) is 9.69. The molecule has 0 aromatic heterocycles. The molecule has 0 saturated carbocycles. The van der Waals surface area contributed by atoms with E-state index in [1.807, 2.05) is 0 Å². The van der Waals surface area contributed by atoms with Crippen molar-refractivity contribution in [1.82, 2.24) is 0 Å². The summed E-state index contributed by atoms with van der Waals surface area (Å²) in [5.41, 5.74) is 0. The lowest BCUT2D eigenvalue weighted by Crippen LogP contribution is -2.60. The second-order valence-electron chi connectivity index (χ2n) is 15.0. The van der Waals surface area contributed by atoms with Crippen molar-refractivity contribution in [1.29, 1.82) is 0 Å². The maximum Gasteiger partial charge on any atom is 0.306 e. The zero-order valence-corrected chi connectivity index (χ0v) is 35.3. The monoisotopic (exact) mass is 817 g/mol. The van der Waals surface area contributed by atoms with Crippen LogP contribution >= 0.6 is 0 Å². The molecule has 12 nitrogen and oxygen atoms in total. The Hall–Kier alpha value is -2.13. The minimum atomic E-state index is -4.60. The van der Waals surface area contributed by atoms with E-state index in [0.717, 1.165) is 51.4 Å². The zero-order chi connectivity index (χ0) is 41.3. The molecule has 0 aliphatic carbocycles. The van der Waals surface area contributed by atoms with Gasteiger partial charge in [0.2, 0.25) is 0 Å². The number of esters is 2. The van der Waals surface area contributed by atoms with Crippen LogP contribution in [0.3, 0.4) is 0 Å². The first-order valence-corrected chi connectivity index (χ1v) is 23.2. The summed E-state index contributed by atoms with van der Waals surface area (Å²) in [5.74, 6) is -2.05. The number of carbonyl (C=O) groups is 2. The van der Waals surface area contributed by atoms with Gasteiger partial charge in [0, 0.05) is 12.8 Å². The van der Waals surface area contributed by atoms with Crippen LogP contribution in [0.5, 0.6) is 0 Å². The smallest absolute Gasteiger partial charge is 0.306 e. The number of carbonyl (C=O) groups excluding carboxylic acids is 2. The minimum Gasteiger partial charge on any atom is -0.462 e. The molecule has 1 fully saturated rings. The van der Waals surface area contributed by atoms with E-state index in [0.29, 0.717) is 12.8 Å². The number of aliphatic hydroxyl groups is 3. The Bertz CT molecular complexity index is 1190. The van der Waals surface area contributed by atoms with E-state index in [1.54, 1.807) is 0 Å². The number of allylic oxidation sites excluding steroid dienone is 6. The van der Waals surface area contributed by atoms with Crippen LogP contribution in [0.15, 0.2) is 36.5 Å². The van der Waals surface area contributed by atoms with E-state index in [9.17, 15) is 37.9 Å². The molecule has 0 aromatic rings. The van der Waals surface area contributed by atoms with Gasteiger partial charge in [-0.1, -0.05) is 121 Å². The molecule has 13 heteroatoms. The Kier molecular flexibility index (Phi) is 31.3. The van der Waals surface area contributed by atoms with Crippen LogP contribution in [0.1, 0.15) is 168 Å². The van der Waals surface area contributed by atoms with Gasteiger partial charge in [0.05, 0.1) is 6.61 Å². The fourth-order valence-electron chi connectivity index (χ4n) is 6.29. The quantitative estimate of drug-likeness (QED) is 0.0208. The largest absolute Gasteiger partial charge is 0.462 e. The lowest BCUT2D eigenvalue weighted by atomic mass is 10.00. The number of unbranched alkanes of at least 4 members (excludes halogenated alkanes) is 17. The second-order valence-corrected chi connectivity index (χ2v) is 16.5. The summed E-state index contributed by atoms with van der Waals surface area (Å²) < 4.78 is 53.9. The van der Waals surface area contributed by atoms with Gasteiger partial charge in [-0.15, -0.1) is 0 Å². The molecule has 0 bridgehead atoms. The number of aliphatic hydroxyl groups excluding tert-OH is 3. The van der Waals surface area contributed by atoms with Gasteiger partial charge in [0.25, 0.3) is 10.1 Å². The SMILES string of the molecule is CCCCCCCC/C=C/C/C=C/CCCCC(=O)O[C@H](COC(=O)CCCCC/C=C/CCCCCCCC)CO[C@H]1O[C@H](CS(=O)(=O)O)[C@@H](O)C(O)C1O. The van der Waals surface area contributed by atoms with Gasteiger partial charge in [-0.25, -0.2) is 0 Å². The summed E-state index contributed by atoms with van der Waals surface area (Å²) in [4.78, 5) is 25.3. The lowest BCUT2D eigenvalue weighted by molar-refractivity contribution is -0.297. The second kappa shape index (κ2) is 33.8. The first kappa shape index (κ1) is 51.9. The molecule has 1 rings (SSSR count). The lowest BCUT2D eigenvalue weighted by Gasteiger charge is -2.40. The Morgan fingerprint density at radius 2 is 1.07 bits per heavy atom. The number of rotatable bonds is 35. The Labute approximate surface area is 338 Å². The molecular weight excluding hydrogens is 741 g/mol. The molecule has 1 saturated heterocycles. The van der Waals surface area contributed by atoms with Gasteiger partial charge in [-0.05, 0) is 70.6 Å². The Morgan fingerprint density at radius 1 is 0.607 bits per heavy atom. The topological polar surface area (TPSA) is 186 Å². The fourth-order valence-corrected chi connectivity index (χ4v) is 6.98. The predicted octanol–water partition coefficient (Wildman–Crippen LogP) is 8.22. The third kappa shape index (κ3) is 28.3. The molecule has 0 aromatic carbocycles. The molecule has 0 spiro atoms. The highest BCUT2D eigenvalue weighted by Crippen LogP contribution is 2.24. The fraction of sp³-hybridized carbons (Fsp3) is 0.814. The van der Waals surface area contributed by atoms with E-state index < -0.39 is 71.2 Å². The van der Waals surface area contributed by atoms with Crippen molar-refractivity contribution in [2.45, 2.75) is 205 Å². The Morgan fingerprint density at radius 3 is 1.62 bits per heavy atom. The predicted molar refractivity (Wildman–Crippen MR) is 219 cm³/mol. The highest BCUT2D eigenvalue weighted by molar-refractivity contribution is 7.85. The zero-order valence-electron chi connectivity index (χ0n) is 34.5. The standard InChI is InChI=1S/C43H76O12S/c1-3-5-7-9-11-13-15-17-18-20-22-24-26-28-30-32-39(45)54-36(34-53-43-42(48)41(47)40(46)37(55-43)35-56(49,50)51)33-52-38(44)31-29-27-25-23-21-19-16-14-12-10-8-6-4-2/h17-19,21-22,24,36-37,40-43,46-48H,3-16,20,23,25-35H2,1-2H3,(H,49,50,51)/b18-17+,21-19+,24-22+/t36-,37-,40-,41?,42?,43+/m1/s1. The number of ether oxygens (including phenoxy) is 4. The molecule has 1 aliphatic heterocycles.